The summed E-state index contributed by atoms with van der Waals surface area (Å²) < 4.78 is 5.05. The van der Waals surface area contributed by atoms with Gasteiger partial charge in [0.1, 0.15) is 0 Å². The zero-order chi connectivity index (χ0) is 13.0. The summed E-state index contributed by atoms with van der Waals surface area (Å²) in [4.78, 5) is 18.9. The van der Waals surface area contributed by atoms with Gasteiger partial charge in [-0.15, -0.1) is 11.3 Å². The smallest absolute Gasteiger partial charge is 0.303 e. The first-order valence-corrected chi connectivity index (χ1v) is 6.45. The van der Waals surface area contributed by atoms with Gasteiger partial charge in [-0.2, -0.15) is 4.98 Å². The van der Waals surface area contributed by atoms with Gasteiger partial charge in [0.05, 0.1) is 17.1 Å². The molecule has 0 amide bonds. The SMILES string of the molecule is Cc1nc(Cc2noc(CCCC(=O)O)n2)cs1. The number of aliphatic carboxylic acids is 1. The van der Waals surface area contributed by atoms with E-state index in [9.17, 15) is 4.79 Å². The van der Waals surface area contributed by atoms with Gasteiger partial charge in [-0.1, -0.05) is 5.16 Å². The molecule has 0 fully saturated rings. The summed E-state index contributed by atoms with van der Waals surface area (Å²) in [5.41, 5.74) is 0.926. The number of carboxylic acid groups (broad SMARTS) is 1. The fraction of sp³-hybridized carbons (Fsp3) is 0.455. The number of thiazole rings is 1. The molecule has 6 nitrogen and oxygen atoms in total. The second kappa shape index (κ2) is 5.72. The predicted molar refractivity (Wildman–Crippen MR) is 64.5 cm³/mol. The Kier molecular flexibility index (Phi) is 4.03. The fourth-order valence-corrected chi connectivity index (χ4v) is 2.12. The van der Waals surface area contributed by atoms with E-state index in [0.29, 0.717) is 31.0 Å². The normalized spacial score (nSPS) is 10.7. The molecule has 0 bridgehead atoms. The van der Waals surface area contributed by atoms with Crippen LogP contribution in [0.2, 0.25) is 0 Å². The highest BCUT2D eigenvalue weighted by atomic mass is 32.1. The number of rotatable bonds is 6. The Morgan fingerprint density at radius 1 is 1.50 bits per heavy atom. The summed E-state index contributed by atoms with van der Waals surface area (Å²) in [5, 5.41) is 15.3. The topological polar surface area (TPSA) is 89.1 Å². The lowest BCUT2D eigenvalue weighted by Crippen LogP contribution is -1.96. The van der Waals surface area contributed by atoms with Gasteiger partial charge in [0, 0.05) is 18.2 Å². The molecule has 2 rings (SSSR count). The van der Waals surface area contributed by atoms with Crippen molar-refractivity contribution in [3.63, 3.8) is 0 Å². The van der Waals surface area contributed by atoms with Crippen LogP contribution >= 0.6 is 11.3 Å². The molecule has 0 saturated carbocycles. The molecule has 0 atom stereocenters. The monoisotopic (exact) mass is 267 g/mol. The minimum absolute atomic E-state index is 0.114. The molecule has 0 aliphatic heterocycles. The molecule has 96 valence electrons. The van der Waals surface area contributed by atoms with Crippen molar-refractivity contribution in [1.29, 1.82) is 0 Å². The van der Waals surface area contributed by atoms with Crippen molar-refractivity contribution < 1.29 is 14.4 Å². The van der Waals surface area contributed by atoms with Gasteiger partial charge < -0.3 is 9.63 Å². The summed E-state index contributed by atoms with van der Waals surface area (Å²) in [5.74, 6) is 0.261. The van der Waals surface area contributed by atoms with Crippen molar-refractivity contribution in [3.8, 4) is 0 Å². The van der Waals surface area contributed by atoms with Crippen LogP contribution in [0.5, 0.6) is 0 Å². The Labute approximate surface area is 108 Å². The zero-order valence-electron chi connectivity index (χ0n) is 9.92. The second-order valence-corrected chi connectivity index (χ2v) is 4.95. The van der Waals surface area contributed by atoms with Gasteiger partial charge in [0.2, 0.25) is 5.89 Å². The van der Waals surface area contributed by atoms with Crippen LogP contribution in [0.3, 0.4) is 0 Å². The van der Waals surface area contributed by atoms with E-state index in [-0.39, 0.29) is 6.42 Å². The Morgan fingerprint density at radius 3 is 3.00 bits per heavy atom. The molecule has 18 heavy (non-hydrogen) atoms. The highest BCUT2D eigenvalue weighted by Crippen LogP contribution is 2.12. The average molecular weight is 267 g/mol. The molecule has 0 aliphatic carbocycles. The third-order valence-corrected chi connectivity index (χ3v) is 3.12. The van der Waals surface area contributed by atoms with E-state index in [4.69, 9.17) is 9.63 Å². The van der Waals surface area contributed by atoms with E-state index in [1.807, 2.05) is 12.3 Å². The Morgan fingerprint density at radius 2 is 2.33 bits per heavy atom. The number of hydrogen-bond donors (Lipinski definition) is 1. The maximum Gasteiger partial charge on any atom is 0.303 e. The number of aromatic nitrogens is 3. The Hall–Kier alpha value is -1.76. The van der Waals surface area contributed by atoms with Gasteiger partial charge >= 0.3 is 5.97 Å². The Bertz CT molecular complexity index is 535. The van der Waals surface area contributed by atoms with Crippen LogP contribution in [0.4, 0.5) is 0 Å². The molecule has 2 aromatic rings. The van der Waals surface area contributed by atoms with Crippen molar-refractivity contribution in [2.75, 3.05) is 0 Å². The lowest BCUT2D eigenvalue weighted by Gasteiger charge is -1.90. The van der Waals surface area contributed by atoms with Crippen LogP contribution in [0.1, 0.15) is 35.3 Å². The molecule has 0 spiro atoms. The van der Waals surface area contributed by atoms with E-state index in [2.05, 4.69) is 15.1 Å². The van der Waals surface area contributed by atoms with E-state index in [1.165, 1.54) is 0 Å². The standard InChI is InChI=1S/C11H13N3O3S/c1-7-12-8(6-18-7)5-9-13-10(17-14-9)3-2-4-11(15)16/h6H,2-5H2,1H3,(H,15,16). The van der Waals surface area contributed by atoms with Gasteiger partial charge in [-0.3, -0.25) is 4.79 Å². The molecule has 2 aromatic heterocycles. The van der Waals surface area contributed by atoms with Gasteiger partial charge in [0.15, 0.2) is 5.82 Å². The third kappa shape index (κ3) is 3.63. The summed E-state index contributed by atoms with van der Waals surface area (Å²) in [6.45, 7) is 1.95. The van der Waals surface area contributed by atoms with Gasteiger partial charge in [0.25, 0.3) is 0 Å². The molecule has 0 unspecified atom stereocenters. The molecule has 1 N–H and O–H groups in total. The Balaban J connectivity index is 1.88. The van der Waals surface area contributed by atoms with Crippen LogP contribution in [0.15, 0.2) is 9.90 Å². The van der Waals surface area contributed by atoms with Crippen molar-refractivity contribution in [2.24, 2.45) is 0 Å². The van der Waals surface area contributed by atoms with E-state index < -0.39 is 5.97 Å². The average Bonchev–Trinajstić information content (AvgIpc) is 2.89. The molecule has 0 radical (unpaired) electrons. The number of carboxylic acids is 1. The number of hydrogen-bond acceptors (Lipinski definition) is 6. The van der Waals surface area contributed by atoms with Gasteiger partial charge in [-0.05, 0) is 13.3 Å². The number of nitrogens with zero attached hydrogens (tertiary/aromatic N) is 3. The quantitative estimate of drug-likeness (QED) is 0.858. The molecule has 2 heterocycles. The largest absolute Gasteiger partial charge is 0.481 e. The highest BCUT2D eigenvalue weighted by molar-refractivity contribution is 7.09. The number of aryl methyl sites for hydroxylation is 2. The summed E-state index contributed by atoms with van der Waals surface area (Å²) >= 11 is 1.58. The molecule has 0 aliphatic rings. The van der Waals surface area contributed by atoms with Crippen LogP contribution < -0.4 is 0 Å². The van der Waals surface area contributed by atoms with Crippen molar-refractivity contribution in [3.05, 3.63) is 27.8 Å². The maximum atomic E-state index is 10.4. The first-order valence-electron chi connectivity index (χ1n) is 5.58. The molecular formula is C11H13N3O3S. The van der Waals surface area contributed by atoms with Crippen molar-refractivity contribution >= 4 is 17.3 Å². The van der Waals surface area contributed by atoms with Crippen LogP contribution in [0.25, 0.3) is 0 Å². The minimum atomic E-state index is -0.812. The minimum Gasteiger partial charge on any atom is -0.481 e. The molecule has 0 aromatic carbocycles. The van der Waals surface area contributed by atoms with Crippen LogP contribution in [-0.4, -0.2) is 26.2 Å². The maximum absolute atomic E-state index is 10.4. The summed E-state index contributed by atoms with van der Waals surface area (Å²) in [6.07, 6.45) is 1.66. The van der Waals surface area contributed by atoms with Gasteiger partial charge in [-0.25, -0.2) is 4.98 Å². The first kappa shape index (κ1) is 12.7. The van der Waals surface area contributed by atoms with Crippen molar-refractivity contribution in [2.45, 2.75) is 32.6 Å². The van der Waals surface area contributed by atoms with Crippen LogP contribution in [0, 0.1) is 6.92 Å². The fourth-order valence-electron chi connectivity index (χ4n) is 1.51. The van der Waals surface area contributed by atoms with E-state index in [0.717, 1.165) is 10.7 Å². The zero-order valence-corrected chi connectivity index (χ0v) is 10.7. The molecule has 7 heteroatoms. The van der Waals surface area contributed by atoms with E-state index in [1.54, 1.807) is 11.3 Å². The predicted octanol–water partition coefficient (Wildman–Crippen LogP) is 1.83. The first-order chi connectivity index (χ1) is 8.63. The summed E-state index contributed by atoms with van der Waals surface area (Å²) in [6, 6.07) is 0. The lowest BCUT2D eigenvalue weighted by molar-refractivity contribution is -0.137. The summed E-state index contributed by atoms with van der Waals surface area (Å²) in [7, 11) is 0. The second-order valence-electron chi connectivity index (χ2n) is 3.89. The molecule has 0 saturated heterocycles. The van der Waals surface area contributed by atoms with Crippen LogP contribution in [-0.2, 0) is 17.6 Å². The van der Waals surface area contributed by atoms with E-state index >= 15 is 0 Å². The number of carbonyl (C=O) groups is 1. The highest BCUT2D eigenvalue weighted by Gasteiger charge is 2.09. The third-order valence-electron chi connectivity index (χ3n) is 2.30. The lowest BCUT2D eigenvalue weighted by atomic mass is 10.2. The van der Waals surface area contributed by atoms with Crippen molar-refractivity contribution in [1.82, 2.24) is 15.1 Å². The molecular weight excluding hydrogens is 254 g/mol.